The van der Waals surface area contributed by atoms with Gasteiger partial charge in [-0.3, -0.25) is 4.79 Å². The van der Waals surface area contributed by atoms with Crippen molar-refractivity contribution < 1.29 is 9.53 Å². The zero-order valence-corrected chi connectivity index (χ0v) is 13.0. The highest BCUT2D eigenvalue weighted by atomic mass is 32.1. The Morgan fingerprint density at radius 1 is 1.45 bits per heavy atom. The first-order chi connectivity index (χ1) is 9.69. The van der Waals surface area contributed by atoms with E-state index in [1.165, 1.54) is 4.88 Å². The van der Waals surface area contributed by atoms with Crippen molar-refractivity contribution in [1.82, 2.24) is 4.90 Å². The molecule has 5 heteroatoms. The summed E-state index contributed by atoms with van der Waals surface area (Å²) in [5, 5.41) is 0. The van der Waals surface area contributed by atoms with Crippen LogP contribution in [0.15, 0.2) is 12.1 Å². The van der Waals surface area contributed by atoms with Crippen molar-refractivity contribution in [1.29, 1.82) is 0 Å². The van der Waals surface area contributed by atoms with Gasteiger partial charge in [0.05, 0.1) is 12.5 Å². The third-order valence-corrected chi connectivity index (χ3v) is 4.62. The molecule has 4 nitrogen and oxygen atoms in total. The quantitative estimate of drug-likeness (QED) is 0.816. The third kappa shape index (κ3) is 4.58. The maximum atomic E-state index is 12.2. The molecule has 0 atom stereocenters. The van der Waals surface area contributed by atoms with E-state index in [0.717, 1.165) is 43.8 Å². The van der Waals surface area contributed by atoms with Gasteiger partial charge in [-0.05, 0) is 44.9 Å². The molecule has 1 aromatic rings. The smallest absolute Gasteiger partial charge is 0.227 e. The fraction of sp³-hybridized carbons (Fsp3) is 0.667. The van der Waals surface area contributed by atoms with Crippen molar-refractivity contribution in [2.24, 2.45) is 5.73 Å². The first-order valence-corrected chi connectivity index (χ1v) is 8.15. The first kappa shape index (κ1) is 15.5. The second kappa shape index (κ2) is 7.76. The van der Waals surface area contributed by atoms with Gasteiger partial charge >= 0.3 is 0 Å². The van der Waals surface area contributed by atoms with E-state index < -0.39 is 0 Å². The molecule has 1 saturated heterocycles. The highest BCUT2D eigenvalue weighted by molar-refractivity contribution is 7.12. The van der Waals surface area contributed by atoms with Gasteiger partial charge in [-0.1, -0.05) is 0 Å². The van der Waals surface area contributed by atoms with Crippen molar-refractivity contribution in [3.63, 3.8) is 0 Å². The van der Waals surface area contributed by atoms with Gasteiger partial charge < -0.3 is 15.4 Å². The van der Waals surface area contributed by atoms with Gasteiger partial charge in [0, 0.05) is 29.5 Å². The second-order valence-corrected chi connectivity index (χ2v) is 6.65. The summed E-state index contributed by atoms with van der Waals surface area (Å²) < 4.78 is 5.76. The largest absolute Gasteiger partial charge is 0.378 e. The molecule has 2 heterocycles. The van der Waals surface area contributed by atoms with Crippen LogP contribution in [0.25, 0.3) is 0 Å². The Bertz CT molecular complexity index is 425. The Morgan fingerprint density at radius 2 is 2.20 bits per heavy atom. The van der Waals surface area contributed by atoms with Crippen LogP contribution in [0.3, 0.4) is 0 Å². The molecule has 0 unspecified atom stereocenters. The molecule has 112 valence electrons. The number of nitrogens with zero attached hydrogens (tertiary/aromatic N) is 1. The Hall–Kier alpha value is -0.910. The molecule has 1 amide bonds. The Balaban J connectivity index is 1.71. The summed E-state index contributed by atoms with van der Waals surface area (Å²) in [6.07, 6.45) is 3.64. The Labute approximate surface area is 124 Å². The molecule has 1 fully saturated rings. The molecular weight excluding hydrogens is 272 g/mol. The average Bonchev–Trinajstić information content (AvgIpc) is 2.85. The van der Waals surface area contributed by atoms with Gasteiger partial charge in [0.2, 0.25) is 5.91 Å². The van der Waals surface area contributed by atoms with Gasteiger partial charge in [0.25, 0.3) is 0 Å². The number of hydrogen-bond donors (Lipinski definition) is 1. The monoisotopic (exact) mass is 296 g/mol. The molecule has 0 bridgehead atoms. The average molecular weight is 296 g/mol. The Kier molecular flexibility index (Phi) is 6.01. The molecule has 0 radical (unpaired) electrons. The van der Waals surface area contributed by atoms with Crippen LogP contribution >= 0.6 is 11.3 Å². The van der Waals surface area contributed by atoms with E-state index in [4.69, 9.17) is 10.5 Å². The molecule has 1 aromatic heterocycles. The summed E-state index contributed by atoms with van der Waals surface area (Å²) in [7, 11) is 0. The third-order valence-electron chi connectivity index (χ3n) is 3.62. The van der Waals surface area contributed by atoms with Crippen LogP contribution in [0.1, 0.15) is 29.0 Å². The summed E-state index contributed by atoms with van der Waals surface area (Å²) in [6, 6.07) is 4.13. The van der Waals surface area contributed by atoms with Gasteiger partial charge in [-0.15, -0.1) is 11.3 Å². The highest BCUT2D eigenvalue weighted by Crippen LogP contribution is 2.19. The molecular formula is C15H24N2O2S. The number of nitrogens with two attached hydrogens (primary N) is 1. The van der Waals surface area contributed by atoms with Crippen molar-refractivity contribution in [2.45, 2.75) is 38.7 Å². The molecule has 0 spiro atoms. The number of carbonyl (C=O) groups is 1. The first-order valence-electron chi connectivity index (χ1n) is 7.34. The van der Waals surface area contributed by atoms with Crippen LogP contribution in [-0.4, -0.2) is 43.2 Å². The summed E-state index contributed by atoms with van der Waals surface area (Å²) >= 11 is 1.71. The van der Waals surface area contributed by atoms with Crippen LogP contribution in [0.4, 0.5) is 0 Å². The predicted molar refractivity (Wildman–Crippen MR) is 82.0 cm³/mol. The van der Waals surface area contributed by atoms with E-state index in [1.54, 1.807) is 11.3 Å². The minimum absolute atomic E-state index is 0.243. The van der Waals surface area contributed by atoms with Gasteiger partial charge in [0.15, 0.2) is 0 Å². The number of likely N-dealkylation sites (tertiary alicyclic amines) is 1. The summed E-state index contributed by atoms with van der Waals surface area (Å²) in [6.45, 7) is 5.12. The highest BCUT2D eigenvalue weighted by Gasteiger charge is 2.23. The molecule has 0 saturated carbocycles. The van der Waals surface area contributed by atoms with E-state index in [9.17, 15) is 4.79 Å². The number of ether oxygens (including phenoxy) is 1. The summed E-state index contributed by atoms with van der Waals surface area (Å²) in [5.41, 5.74) is 5.45. The zero-order chi connectivity index (χ0) is 14.4. The molecule has 0 aromatic carbocycles. The molecule has 2 N–H and O–H groups in total. The normalized spacial score (nSPS) is 16.6. The van der Waals surface area contributed by atoms with Crippen LogP contribution in [-0.2, 0) is 16.0 Å². The number of hydrogen-bond acceptors (Lipinski definition) is 4. The lowest BCUT2D eigenvalue weighted by Crippen LogP contribution is -2.41. The standard InChI is InChI=1S/C15H24N2O2S/c1-12-3-4-14(20-12)11-15(18)17-8-5-13(6-9-17)19-10-2-7-16/h3-4,13H,2,5-11,16H2,1H3. The topological polar surface area (TPSA) is 55.6 Å². The van der Waals surface area contributed by atoms with E-state index >= 15 is 0 Å². The number of amides is 1. The number of thiophene rings is 1. The fourth-order valence-corrected chi connectivity index (χ4v) is 3.33. The van der Waals surface area contributed by atoms with Crippen LogP contribution in [0.5, 0.6) is 0 Å². The van der Waals surface area contributed by atoms with Gasteiger partial charge in [-0.25, -0.2) is 0 Å². The summed E-state index contributed by atoms with van der Waals surface area (Å²) in [4.78, 5) is 16.6. The van der Waals surface area contributed by atoms with Crippen LogP contribution < -0.4 is 5.73 Å². The second-order valence-electron chi connectivity index (χ2n) is 5.28. The molecule has 2 rings (SSSR count). The van der Waals surface area contributed by atoms with Crippen molar-refractivity contribution in [2.75, 3.05) is 26.2 Å². The maximum Gasteiger partial charge on any atom is 0.227 e. The Morgan fingerprint density at radius 3 is 2.80 bits per heavy atom. The van der Waals surface area contributed by atoms with Crippen molar-refractivity contribution in [3.8, 4) is 0 Å². The van der Waals surface area contributed by atoms with E-state index in [1.807, 2.05) is 4.90 Å². The van der Waals surface area contributed by atoms with E-state index in [0.29, 0.717) is 19.1 Å². The summed E-state index contributed by atoms with van der Waals surface area (Å²) in [5.74, 6) is 0.243. The number of piperidine rings is 1. The van der Waals surface area contributed by atoms with E-state index in [-0.39, 0.29) is 5.91 Å². The van der Waals surface area contributed by atoms with Crippen LogP contribution in [0.2, 0.25) is 0 Å². The lowest BCUT2D eigenvalue weighted by atomic mass is 10.1. The number of aryl methyl sites for hydroxylation is 1. The zero-order valence-electron chi connectivity index (χ0n) is 12.1. The van der Waals surface area contributed by atoms with Crippen molar-refractivity contribution in [3.05, 3.63) is 21.9 Å². The maximum absolute atomic E-state index is 12.2. The van der Waals surface area contributed by atoms with Crippen molar-refractivity contribution >= 4 is 17.2 Å². The predicted octanol–water partition coefficient (Wildman–Crippen LogP) is 1.96. The minimum Gasteiger partial charge on any atom is -0.378 e. The van der Waals surface area contributed by atoms with E-state index in [2.05, 4.69) is 19.1 Å². The van der Waals surface area contributed by atoms with Crippen LogP contribution in [0, 0.1) is 6.92 Å². The van der Waals surface area contributed by atoms with Gasteiger partial charge in [-0.2, -0.15) is 0 Å². The molecule has 0 aliphatic carbocycles. The molecule has 1 aliphatic rings. The lowest BCUT2D eigenvalue weighted by molar-refractivity contribution is -0.133. The fourth-order valence-electron chi connectivity index (χ4n) is 2.45. The number of carbonyl (C=O) groups excluding carboxylic acids is 1. The van der Waals surface area contributed by atoms with Gasteiger partial charge in [0.1, 0.15) is 0 Å². The SMILES string of the molecule is Cc1ccc(CC(=O)N2CCC(OCCCN)CC2)s1. The molecule has 1 aliphatic heterocycles. The molecule has 20 heavy (non-hydrogen) atoms. The lowest BCUT2D eigenvalue weighted by Gasteiger charge is -2.32. The number of rotatable bonds is 6. The minimum atomic E-state index is 0.243.